The molecular weight excluding hydrogens is 434 g/mol. The van der Waals surface area contributed by atoms with Crippen LogP contribution in [0.1, 0.15) is 38.7 Å². The lowest BCUT2D eigenvalue weighted by molar-refractivity contribution is 0.102. The first-order chi connectivity index (χ1) is 15.6. The first-order valence-electron chi connectivity index (χ1n) is 10.5. The summed E-state index contributed by atoms with van der Waals surface area (Å²) in [7, 11) is 0. The molecule has 1 aliphatic heterocycles. The van der Waals surface area contributed by atoms with Gasteiger partial charge in [-0.1, -0.05) is 77.9 Å². The number of carbonyl (C=O) groups is 1. The summed E-state index contributed by atoms with van der Waals surface area (Å²) in [5.41, 5.74) is 5.96. The third kappa shape index (κ3) is 4.66. The normalized spacial score (nSPS) is 14.4. The molecule has 0 aliphatic carbocycles. The van der Waals surface area contributed by atoms with E-state index in [0.29, 0.717) is 11.5 Å². The van der Waals surface area contributed by atoms with Crippen molar-refractivity contribution in [2.75, 3.05) is 10.6 Å². The molecule has 1 aliphatic rings. The van der Waals surface area contributed by atoms with Gasteiger partial charge in [0.25, 0.3) is 11.9 Å². The molecule has 7 heteroatoms. The van der Waals surface area contributed by atoms with Crippen LogP contribution in [0.2, 0.25) is 0 Å². The monoisotopic (exact) mass is 457 g/mol. The minimum absolute atomic E-state index is 0. The molecule has 2 N–H and O–H groups in total. The summed E-state index contributed by atoms with van der Waals surface area (Å²) in [4.78, 5) is 17.3. The van der Waals surface area contributed by atoms with Crippen LogP contribution >= 0.6 is 12.4 Å². The van der Waals surface area contributed by atoms with E-state index in [-0.39, 0.29) is 30.3 Å². The average Bonchev–Trinajstić information content (AvgIpc) is 3.22. The zero-order chi connectivity index (χ0) is 22.1. The number of nitrogens with zero attached hydrogens (tertiary/aromatic N) is 3. The van der Waals surface area contributed by atoms with Crippen LogP contribution < -0.4 is 10.6 Å². The zero-order valence-electron chi connectivity index (χ0n) is 18.3. The molecule has 3 aromatic carbocycles. The van der Waals surface area contributed by atoms with Crippen LogP contribution in [0.3, 0.4) is 0 Å². The fourth-order valence-electron chi connectivity index (χ4n) is 3.71. The highest BCUT2D eigenvalue weighted by Crippen LogP contribution is 2.33. The largest absolute Gasteiger partial charge is 0.324 e. The summed E-state index contributed by atoms with van der Waals surface area (Å²) >= 11 is 0. The number of amides is 1. The molecule has 1 unspecified atom stereocenters. The van der Waals surface area contributed by atoms with Crippen LogP contribution in [0.4, 0.5) is 11.9 Å². The van der Waals surface area contributed by atoms with Crippen LogP contribution in [0.5, 0.6) is 0 Å². The Balaban J connectivity index is 0.00000259. The molecule has 1 atom stereocenters. The third-order valence-corrected chi connectivity index (χ3v) is 5.51. The summed E-state index contributed by atoms with van der Waals surface area (Å²) in [6, 6.07) is 25.7. The highest BCUT2D eigenvalue weighted by molar-refractivity contribution is 6.03. The fraction of sp³-hybridized carbons (Fsp3) is 0.115. The predicted octanol–water partition coefficient (Wildman–Crippen LogP) is 5.63. The maximum atomic E-state index is 12.7. The molecule has 0 saturated heterocycles. The Morgan fingerprint density at radius 1 is 0.909 bits per heavy atom. The van der Waals surface area contributed by atoms with Gasteiger partial charge in [0, 0.05) is 11.3 Å². The van der Waals surface area contributed by atoms with Gasteiger partial charge >= 0.3 is 0 Å². The lowest BCUT2D eigenvalue weighted by Gasteiger charge is -2.24. The van der Waals surface area contributed by atoms with Gasteiger partial charge in [-0.05, 0) is 43.2 Å². The SMILES string of the molecule is Cc1ccc(C(=O)Nc2nc3n(n2)C(c2ccc(C)cc2)C=C(c2ccccc2)N3)cc1.Cl. The number of nitrogens with one attached hydrogen (secondary N) is 2. The Bertz CT molecular complexity index is 1300. The molecule has 6 nitrogen and oxygen atoms in total. The number of aryl methyl sites for hydroxylation is 2. The van der Waals surface area contributed by atoms with Crippen molar-refractivity contribution in [3.05, 3.63) is 113 Å². The number of fused-ring (bicyclic) bond motifs is 1. The molecule has 166 valence electrons. The number of aromatic nitrogens is 3. The zero-order valence-corrected chi connectivity index (χ0v) is 19.1. The van der Waals surface area contributed by atoms with Gasteiger partial charge in [0.1, 0.15) is 6.04 Å². The van der Waals surface area contributed by atoms with E-state index in [1.807, 2.05) is 41.9 Å². The number of hydrogen-bond donors (Lipinski definition) is 2. The topological polar surface area (TPSA) is 71.8 Å². The maximum absolute atomic E-state index is 12.7. The van der Waals surface area contributed by atoms with E-state index >= 15 is 0 Å². The molecule has 1 amide bonds. The average molecular weight is 458 g/mol. The van der Waals surface area contributed by atoms with Gasteiger partial charge in [-0.2, -0.15) is 4.98 Å². The Labute approximate surface area is 198 Å². The van der Waals surface area contributed by atoms with E-state index in [1.165, 1.54) is 5.56 Å². The second kappa shape index (κ2) is 9.30. The van der Waals surface area contributed by atoms with E-state index in [4.69, 9.17) is 0 Å². The number of benzene rings is 3. The number of allylic oxidation sites excluding steroid dienone is 1. The molecular formula is C26H24ClN5O. The van der Waals surface area contributed by atoms with Crippen molar-refractivity contribution in [1.29, 1.82) is 0 Å². The van der Waals surface area contributed by atoms with E-state index < -0.39 is 0 Å². The fourth-order valence-corrected chi connectivity index (χ4v) is 3.71. The van der Waals surface area contributed by atoms with E-state index in [2.05, 4.69) is 70.1 Å². The molecule has 5 rings (SSSR count). The lowest BCUT2D eigenvalue weighted by atomic mass is 10.0. The molecule has 0 fully saturated rings. The van der Waals surface area contributed by atoms with Gasteiger partial charge in [0.2, 0.25) is 5.95 Å². The molecule has 0 spiro atoms. The van der Waals surface area contributed by atoms with Crippen molar-refractivity contribution in [2.24, 2.45) is 0 Å². The minimum atomic E-state index is -0.240. The van der Waals surface area contributed by atoms with Gasteiger partial charge < -0.3 is 5.32 Å². The molecule has 0 bridgehead atoms. The lowest BCUT2D eigenvalue weighted by Crippen LogP contribution is -2.20. The van der Waals surface area contributed by atoms with Gasteiger partial charge in [0.05, 0.1) is 0 Å². The van der Waals surface area contributed by atoms with Gasteiger partial charge in [0.15, 0.2) is 0 Å². The van der Waals surface area contributed by atoms with Crippen molar-refractivity contribution in [2.45, 2.75) is 19.9 Å². The van der Waals surface area contributed by atoms with Crippen LogP contribution in [0.15, 0.2) is 84.9 Å². The molecule has 4 aromatic rings. The van der Waals surface area contributed by atoms with Gasteiger partial charge in [-0.3, -0.25) is 10.1 Å². The second-order valence-corrected chi connectivity index (χ2v) is 7.95. The molecule has 2 heterocycles. The molecule has 0 radical (unpaired) electrons. The number of carbonyl (C=O) groups excluding carboxylic acids is 1. The van der Waals surface area contributed by atoms with Crippen molar-refractivity contribution in [1.82, 2.24) is 14.8 Å². The summed E-state index contributed by atoms with van der Waals surface area (Å²) in [5, 5.41) is 10.8. The Hall–Kier alpha value is -3.90. The van der Waals surface area contributed by atoms with Crippen LogP contribution in [0.25, 0.3) is 5.70 Å². The number of halogens is 1. The molecule has 33 heavy (non-hydrogen) atoms. The smallest absolute Gasteiger partial charge is 0.258 e. The van der Waals surface area contributed by atoms with Crippen molar-refractivity contribution < 1.29 is 4.79 Å². The molecule has 1 aromatic heterocycles. The summed E-state index contributed by atoms with van der Waals surface area (Å²) in [6.07, 6.45) is 2.13. The first kappa shape index (κ1) is 22.3. The molecule has 0 saturated carbocycles. The predicted molar refractivity (Wildman–Crippen MR) is 134 cm³/mol. The van der Waals surface area contributed by atoms with Crippen LogP contribution in [-0.4, -0.2) is 20.7 Å². The van der Waals surface area contributed by atoms with Crippen LogP contribution in [-0.2, 0) is 0 Å². The van der Waals surface area contributed by atoms with E-state index in [9.17, 15) is 4.79 Å². The quantitative estimate of drug-likeness (QED) is 0.417. The van der Waals surface area contributed by atoms with E-state index in [0.717, 1.165) is 22.4 Å². The van der Waals surface area contributed by atoms with Gasteiger partial charge in [-0.15, -0.1) is 17.5 Å². The van der Waals surface area contributed by atoms with Crippen molar-refractivity contribution in [3.8, 4) is 0 Å². The van der Waals surface area contributed by atoms with Gasteiger partial charge in [-0.25, -0.2) is 4.68 Å². The second-order valence-electron chi connectivity index (χ2n) is 7.95. The Morgan fingerprint density at radius 3 is 2.21 bits per heavy atom. The third-order valence-electron chi connectivity index (χ3n) is 5.51. The Kier molecular flexibility index (Phi) is 6.29. The standard InChI is InChI=1S/C26H23N5O.ClH/c1-17-8-12-20(13-9-17)23-16-22(19-6-4-3-5-7-19)27-26-29-25(30-31(23)26)28-24(32)21-14-10-18(2)11-15-21;/h3-16,23H,1-2H3,(H2,27,28,29,30,32);1H. The highest BCUT2D eigenvalue weighted by Gasteiger charge is 2.26. The number of rotatable bonds is 4. The van der Waals surface area contributed by atoms with Crippen molar-refractivity contribution in [3.63, 3.8) is 0 Å². The summed E-state index contributed by atoms with van der Waals surface area (Å²) in [6.45, 7) is 4.05. The Morgan fingerprint density at radius 2 is 1.55 bits per heavy atom. The van der Waals surface area contributed by atoms with E-state index in [1.54, 1.807) is 12.1 Å². The minimum Gasteiger partial charge on any atom is -0.324 e. The summed E-state index contributed by atoms with van der Waals surface area (Å²) in [5.74, 6) is 0.602. The highest BCUT2D eigenvalue weighted by atomic mass is 35.5. The van der Waals surface area contributed by atoms with Crippen LogP contribution in [0, 0.1) is 13.8 Å². The number of hydrogen-bond acceptors (Lipinski definition) is 4. The summed E-state index contributed by atoms with van der Waals surface area (Å²) < 4.78 is 1.81. The van der Waals surface area contributed by atoms with Crippen molar-refractivity contribution >= 4 is 35.9 Å². The first-order valence-corrected chi connectivity index (χ1v) is 10.5. The number of anilines is 2. The maximum Gasteiger partial charge on any atom is 0.258 e.